The quantitative estimate of drug-likeness (QED) is 0.709. The van der Waals surface area contributed by atoms with Crippen molar-refractivity contribution in [2.45, 2.75) is 40.0 Å². The van der Waals surface area contributed by atoms with Crippen LogP contribution in [0.2, 0.25) is 0 Å². The highest BCUT2D eigenvalue weighted by Gasteiger charge is 2.15. The molecule has 136 valence electrons. The fourth-order valence-electron chi connectivity index (χ4n) is 2.99. The Labute approximate surface area is 151 Å². The number of aliphatic hydroxyl groups is 1. The molecule has 26 heavy (non-hydrogen) atoms. The van der Waals surface area contributed by atoms with Crippen molar-refractivity contribution in [3.05, 3.63) is 58.9 Å². The summed E-state index contributed by atoms with van der Waals surface area (Å²) in [4.78, 5) is 15.7. The number of aromatic carboxylic acids is 1. The van der Waals surface area contributed by atoms with Crippen molar-refractivity contribution >= 4 is 17.0 Å². The lowest BCUT2D eigenvalue weighted by atomic mass is 10.1. The minimum atomic E-state index is -0.995. The highest BCUT2D eigenvalue weighted by Crippen LogP contribution is 2.23. The molecule has 1 aromatic heterocycles. The number of nitrogens with zero attached hydrogens (tertiary/aromatic N) is 2. The first kappa shape index (κ1) is 17.9. The number of hydrogen-bond acceptors (Lipinski definition) is 4. The number of rotatable bonds is 6. The van der Waals surface area contributed by atoms with E-state index in [1.807, 2.05) is 36.6 Å². The van der Waals surface area contributed by atoms with Crippen molar-refractivity contribution in [1.82, 2.24) is 9.55 Å². The molecule has 2 aromatic carbocycles. The van der Waals surface area contributed by atoms with Crippen LogP contribution in [0.1, 0.15) is 34.2 Å². The molecule has 6 nitrogen and oxygen atoms in total. The van der Waals surface area contributed by atoms with E-state index in [2.05, 4.69) is 4.98 Å². The molecule has 3 aromatic rings. The minimum absolute atomic E-state index is 0.182. The van der Waals surface area contributed by atoms with Gasteiger partial charge < -0.3 is 19.5 Å². The third-order valence-electron chi connectivity index (χ3n) is 4.21. The van der Waals surface area contributed by atoms with E-state index in [0.29, 0.717) is 17.9 Å². The molecule has 1 unspecified atom stereocenters. The van der Waals surface area contributed by atoms with Crippen LogP contribution in [0, 0.1) is 13.8 Å². The van der Waals surface area contributed by atoms with Gasteiger partial charge in [-0.05, 0) is 50.6 Å². The van der Waals surface area contributed by atoms with Crippen LogP contribution in [0.15, 0.2) is 36.4 Å². The van der Waals surface area contributed by atoms with E-state index >= 15 is 0 Å². The number of aromatic nitrogens is 2. The first-order valence-electron chi connectivity index (χ1n) is 8.45. The van der Waals surface area contributed by atoms with E-state index in [9.17, 15) is 15.0 Å². The van der Waals surface area contributed by atoms with Crippen LogP contribution in [0.4, 0.5) is 0 Å². The number of aliphatic hydroxyl groups excluding tert-OH is 1. The van der Waals surface area contributed by atoms with Crippen molar-refractivity contribution in [1.29, 1.82) is 0 Å². The monoisotopic (exact) mass is 354 g/mol. The van der Waals surface area contributed by atoms with Crippen LogP contribution in [-0.2, 0) is 13.2 Å². The summed E-state index contributed by atoms with van der Waals surface area (Å²) in [5.41, 5.74) is 3.73. The Bertz CT molecular complexity index is 960. The van der Waals surface area contributed by atoms with Crippen LogP contribution in [0.25, 0.3) is 11.0 Å². The second-order valence-corrected chi connectivity index (χ2v) is 6.55. The Morgan fingerprint density at radius 2 is 2.00 bits per heavy atom. The number of carbonyl (C=O) groups is 1. The van der Waals surface area contributed by atoms with Gasteiger partial charge in [0.1, 0.15) is 18.2 Å². The molecule has 1 atom stereocenters. The summed E-state index contributed by atoms with van der Waals surface area (Å²) in [7, 11) is 0. The van der Waals surface area contributed by atoms with Gasteiger partial charge in [-0.3, -0.25) is 0 Å². The molecule has 0 radical (unpaired) electrons. The van der Waals surface area contributed by atoms with Crippen molar-refractivity contribution in [3.63, 3.8) is 0 Å². The Morgan fingerprint density at radius 3 is 2.65 bits per heavy atom. The SMILES string of the molecule is Cc1ccc(OCc2nc3cc(C(=O)O)ccc3n2CC(C)O)c(C)c1. The number of aryl methyl sites for hydroxylation is 2. The molecule has 1 heterocycles. The van der Waals surface area contributed by atoms with E-state index in [1.165, 1.54) is 6.07 Å². The van der Waals surface area contributed by atoms with Crippen LogP contribution < -0.4 is 4.74 Å². The molecule has 0 bridgehead atoms. The largest absolute Gasteiger partial charge is 0.485 e. The third kappa shape index (κ3) is 3.70. The second-order valence-electron chi connectivity index (χ2n) is 6.55. The number of carboxylic acids is 1. The Kier molecular flexibility index (Phi) is 4.95. The van der Waals surface area contributed by atoms with Gasteiger partial charge in [0.25, 0.3) is 0 Å². The number of fused-ring (bicyclic) bond motifs is 1. The lowest BCUT2D eigenvalue weighted by Crippen LogP contribution is -2.15. The zero-order valence-corrected chi connectivity index (χ0v) is 15.1. The smallest absolute Gasteiger partial charge is 0.335 e. The molecule has 0 saturated heterocycles. The van der Waals surface area contributed by atoms with Crippen LogP contribution in [0.5, 0.6) is 5.75 Å². The van der Waals surface area contributed by atoms with E-state index in [0.717, 1.165) is 22.4 Å². The molecule has 3 rings (SSSR count). The summed E-state index contributed by atoms with van der Waals surface area (Å²) in [5, 5.41) is 19.0. The first-order valence-corrected chi connectivity index (χ1v) is 8.45. The average Bonchev–Trinajstić information content (AvgIpc) is 2.90. The van der Waals surface area contributed by atoms with E-state index in [4.69, 9.17) is 4.74 Å². The van der Waals surface area contributed by atoms with Crippen LogP contribution >= 0.6 is 0 Å². The molecular weight excluding hydrogens is 332 g/mol. The van der Waals surface area contributed by atoms with E-state index in [1.54, 1.807) is 19.1 Å². The van der Waals surface area contributed by atoms with Gasteiger partial charge in [0.15, 0.2) is 0 Å². The molecule has 0 aliphatic carbocycles. The fourth-order valence-corrected chi connectivity index (χ4v) is 2.99. The van der Waals surface area contributed by atoms with Crippen LogP contribution in [-0.4, -0.2) is 31.8 Å². The van der Waals surface area contributed by atoms with Crippen molar-refractivity contribution in [2.24, 2.45) is 0 Å². The molecule has 0 aliphatic heterocycles. The summed E-state index contributed by atoms with van der Waals surface area (Å²) in [5.74, 6) is 0.422. The molecule has 6 heteroatoms. The number of imidazole rings is 1. The molecule has 0 saturated carbocycles. The average molecular weight is 354 g/mol. The summed E-state index contributed by atoms with van der Waals surface area (Å²) < 4.78 is 7.80. The van der Waals surface area contributed by atoms with Gasteiger partial charge in [-0.2, -0.15) is 0 Å². The predicted octanol–water partition coefficient (Wildman–Crippen LogP) is 3.31. The molecule has 0 aliphatic rings. The summed E-state index contributed by atoms with van der Waals surface area (Å²) in [6, 6.07) is 10.8. The maximum Gasteiger partial charge on any atom is 0.335 e. The lowest BCUT2D eigenvalue weighted by Gasteiger charge is -2.13. The van der Waals surface area contributed by atoms with Crippen molar-refractivity contribution in [2.75, 3.05) is 0 Å². The number of carboxylic acid groups (broad SMARTS) is 1. The predicted molar refractivity (Wildman–Crippen MR) is 98.6 cm³/mol. The standard InChI is InChI=1S/C20H22N2O4/c1-12-4-7-18(13(2)8-12)26-11-19-21-16-9-15(20(24)25)5-6-17(16)22(19)10-14(3)23/h4-9,14,23H,10-11H2,1-3H3,(H,24,25). The van der Waals surface area contributed by atoms with Gasteiger partial charge in [-0.15, -0.1) is 0 Å². The van der Waals surface area contributed by atoms with Crippen LogP contribution in [0.3, 0.4) is 0 Å². The summed E-state index contributed by atoms with van der Waals surface area (Å²) >= 11 is 0. The first-order chi connectivity index (χ1) is 12.3. The highest BCUT2D eigenvalue weighted by atomic mass is 16.5. The van der Waals surface area contributed by atoms with Gasteiger partial charge in [-0.1, -0.05) is 17.7 Å². The molecule has 0 amide bonds. The van der Waals surface area contributed by atoms with Crippen molar-refractivity contribution in [3.8, 4) is 5.75 Å². The molecule has 0 spiro atoms. The Morgan fingerprint density at radius 1 is 1.23 bits per heavy atom. The Hall–Kier alpha value is -2.86. The number of hydrogen-bond donors (Lipinski definition) is 2. The Balaban J connectivity index is 1.96. The maximum absolute atomic E-state index is 11.2. The maximum atomic E-state index is 11.2. The minimum Gasteiger partial charge on any atom is -0.485 e. The van der Waals surface area contributed by atoms with Gasteiger partial charge in [0.05, 0.1) is 29.2 Å². The zero-order valence-electron chi connectivity index (χ0n) is 15.1. The third-order valence-corrected chi connectivity index (χ3v) is 4.21. The van der Waals surface area contributed by atoms with E-state index in [-0.39, 0.29) is 12.2 Å². The molecule has 0 fully saturated rings. The molecule has 2 N–H and O–H groups in total. The van der Waals surface area contributed by atoms with Gasteiger partial charge in [0.2, 0.25) is 0 Å². The number of benzene rings is 2. The van der Waals surface area contributed by atoms with E-state index < -0.39 is 12.1 Å². The topological polar surface area (TPSA) is 84.6 Å². The summed E-state index contributed by atoms with van der Waals surface area (Å²) in [6.45, 7) is 6.30. The number of ether oxygens (including phenoxy) is 1. The van der Waals surface area contributed by atoms with Gasteiger partial charge in [0, 0.05) is 0 Å². The van der Waals surface area contributed by atoms with Crippen molar-refractivity contribution < 1.29 is 19.7 Å². The van der Waals surface area contributed by atoms with Gasteiger partial charge >= 0.3 is 5.97 Å². The fraction of sp³-hybridized carbons (Fsp3) is 0.300. The highest BCUT2D eigenvalue weighted by molar-refractivity contribution is 5.92. The molecular formula is C20H22N2O4. The van der Waals surface area contributed by atoms with Gasteiger partial charge in [-0.25, -0.2) is 9.78 Å². The normalized spacial score (nSPS) is 12.3. The summed E-state index contributed by atoms with van der Waals surface area (Å²) in [6.07, 6.45) is -0.564. The lowest BCUT2D eigenvalue weighted by molar-refractivity contribution is 0.0697. The zero-order chi connectivity index (χ0) is 18.8. The second kappa shape index (κ2) is 7.17.